The number of fused-ring (bicyclic) bond motifs is 1. The SMILES string of the molecule is CC(C)(C)[NH+]=C1NC(=[NH+]C(C)(C)C)c2ccccc21. The molecule has 1 aromatic rings. The second kappa shape index (κ2) is 4.48. The highest BCUT2D eigenvalue weighted by Gasteiger charge is 2.33. The van der Waals surface area contributed by atoms with Gasteiger partial charge in [0.2, 0.25) is 0 Å². The van der Waals surface area contributed by atoms with E-state index in [2.05, 4.69) is 81.1 Å². The van der Waals surface area contributed by atoms with Gasteiger partial charge in [-0.2, -0.15) is 0 Å². The lowest BCUT2D eigenvalue weighted by Gasteiger charge is -2.10. The van der Waals surface area contributed by atoms with E-state index in [1.807, 2.05) is 0 Å². The van der Waals surface area contributed by atoms with Crippen molar-refractivity contribution in [1.82, 2.24) is 5.32 Å². The van der Waals surface area contributed by atoms with E-state index in [4.69, 9.17) is 0 Å². The molecule has 2 rings (SSSR count). The van der Waals surface area contributed by atoms with Gasteiger partial charge >= 0.3 is 0 Å². The maximum atomic E-state index is 3.53. The average Bonchev–Trinajstić information content (AvgIpc) is 2.53. The van der Waals surface area contributed by atoms with E-state index in [0.717, 1.165) is 11.7 Å². The van der Waals surface area contributed by atoms with E-state index in [9.17, 15) is 0 Å². The number of rotatable bonds is 0. The van der Waals surface area contributed by atoms with Gasteiger partial charge in [0, 0.05) is 0 Å². The molecule has 0 saturated carbocycles. The van der Waals surface area contributed by atoms with Gasteiger partial charge in [0.1, 0.15) is 0 Å². The number of hydrogen-bond acceptors (Lipinski definition) is 0. The highest BCUT2D eigenvalue weighted by atomic mass is 15.1. The second-order valence-electron chi connectivity index (χ2n) is 7.17. The Kier molecular flexibility index (Phi) is 3.25. The van der Waals surface area contributed by atoms with Crippen LogP contribution in [0.5, 0.6) is 0 Å². The van der Waals surface area contributed by atoms with Gasteiger partial charge in [-0.1, -0.05) is 12.1 Å². The number of amidine groups is 2. The monoisotopic (exact) mass is 259 g/mol. The molecule has 1 aliphatic rings. The van der Waals surface area contributed by atoms with Crippen LogP contribution < -0.4 is 15.3 Å². The lowest BCUT2D eigenvalue weighted by atomic mass is 10.1. The van der Waals surface area contributed by atoms with Gasteiger partial charge in [-0.3, -0.25) is 9.98 Å². The fraction of sp³-hybridized carbons (Fsp3) is 0.500. The van der Waals surface area contributed by atoms with E-state index >= 15 is 0 Å². The van der Waals surface area contributed by atoms with Crippen LogP contribution in [0.15, 0.2) is 24.3 Å². The topological polar surface area (TPSA) is 40.0 Å². The normalized spacial score (nSPS) is 19.7. The largest absolute Gasteiger partial charge is 0.284 e. The predicted octanol–water partition coefficient (Wildman–Crippen LogP) is -0.459. The first-order valence-corrected chi connectivity index (χ1v) is 6.83. The molecule has 0 bridgehead atoms. The molecule has 3 N–H and O–H groups in total. The van der Waals surface area contributed by atoms with Gasteiger partial charge in [0.25, 0.3) is 11.7 Å². The second-order valence-corrected chi connectivity index (χ2v) is 7.17. The summed E-state index contributed by atoms with van der Waals surface area (Å²) < 4.78 is 0. The van der Waals surface area contributed by atoms with Crippen LogP contribution in [-0.4, -0.2) is 22.7 Å². The smallest absolute Gasteiger partial charge is 0.269 e. The summed E-state index contributed by atoms with van der Waals surface area (Å²) in [5.74, 6) is 2.16. The third-order valence-corrected chi connectivity index (χ3v) is 2.72. The minimum absolute atomic E-state index is 0.0344. The third kappa shape index (κ3) is 3.43. The van der Waals surface area contributed by atoms with Crippen molar-refractivity contribution in [2.75, 3.05) is 0 Å². The van der Waals surface area contributed by atoms with Crippen LogP contribution in [0.2, 0.25) is 0 Å². The molecule has 0 aromatic heterocycles. The highest BCUT2D eigenvalue weighted by molar-refractivity contribution is 6.21. The molecule has 0 amide bonds. The standard InChI is InChI=1S/C16H23N3/c1-15(2,3)18-13-11-9-7-8-10-12(11)14(17-13)19-16(4,5)6/h7-10H,1-6H3,(H,17,18,19)/p+2. The first-order valence-electron chi connectivity index (χ1n) is 6.83. The Morgan fingerprint density at radius 1 is 0.737 bits per heavy atom. The van der Waals surface area contributed by atoms with E-state index in [-0.39, 0.29) is 11.1 Å². The van der Waals surface area contributed by atoms with Crippen molar-refractivity contribution in [3.05, 3.63) is 35.4 Å². The van der Waals surface area contributed by atoms with Crippen LogP contribution in [0.1, 0.15) is 52.7 Å². The molecular formula is C16H25N3+2. The van der Waals surface area contributed by atoms with Crippen molar-refractivity contribution < 1.29 is 9.98 Å². The van der Waals surface area contributed by atoms with Gasteiger partial charge in [-0.05, 0) is 53.7 Å². The average molecular weight is 259 g/mol. The van der Waals surface area contributed by atoms with Crippen molar-refractivity contribution in [1.29, 1.82) is 0 Å². The summed E-state index contributed by atoms with van der Waals surface area (Å²) in [6, 6.07) is 8.44. The number of benzene rings is 1. The first-order chi connectivity index (χ1) is 8.66. The molecule has 1 heterocycles. The van der Waals surface area contributed by atoms with Crippen molar-refractivity contribution in [2.45, 2.75) is 52.6 Å². The molecule has 0 atom stereocenters. The quantitative estimate of drug-likeness (QED) is 0.580. The highest BCUT2D eigenvalue weighted by Crippen LogP contribution is 2.12. The lowest BCUT2D eigenvalue weighted by molar-refractivity contribution is -0.543. The van der Waals surface area contributed by atoms with Gasteiger partial charge in [0.15, 0.2) is 0 Å². The molecule has 19 heavy (non-hydrogen) atoms. The summed E-state index contributed by atoms with van der Waals surface area (Å²) in [5, 5.41) is 3.48. The first kappa shape index (κ1) is 13.8. The van der Waals surface area contributed by atoms with Crippen LogP contribution >= 0.6 is 0 Å². The Labute approximate surface area is 115 Å². The predicted molar refractivity (Wildman–Crippen MR) is 79.2 cm³/mol. The number of nitrogens with one attached hydrogen (secondary N) is 3. The summed E-state index contributed by atoms with van der Waals surface area (Å²) in [7, 11) is 0. The van der Waals surface area contributed by atoms with E-state index in [1.165, 1.54) is 11.1 Å². The summed E-state index contributed by atoms with van der Waals surface area (Å²) >= 11 is 0. The summed E-state index contributed by atoms with van der Waals surface area (Å²) in [6.45, 7) is 13.0. The Bertz CT molecular complexity index is 491. The Morgan fingerprint density at radius 3 is 1.42 bits per heavy atom. The van der Waals surface area contributed by atoms with Gasteiger partial charge in [0.05, 0.1) is 22.2 Å². The zero-order valence-corrected chi connectivity index (χ0v) is 12.8. The summed E-state index contributed by atoms with van der Waals surface area (Å²) in [6.07, 6.45) is 0. The molecule has 0 unspecified atom stereocenters. The molecule has 102 valence electrons. The molecule has 0 spiro atoms. The van der Waals surface area contributed by atoms with E-state index < -0.39 is 0 Å². The molecular weight excluding hydrogens is 234 g/mol. The third-order valence-electron chi connectivity index (χ3n) is 2.72. The Hall–Kier alpha value is -1.64. The van der Waals surface area contributed by atoms with Crippen LogP contribution in [0.25, 0.3) is 0 Å². The summed E-state index contributed by atoms with van der Waals surface area (Å²) in [4.78, 5) is 7.07. The maximum Gasteiger partial charge on any atom is 0.284 e. The van der Waals surface area contributed by atoms with E-state index in [1.54, 1.807) is 0 Å². The van der Waals surface area contributed by atoms with E-state index in [0.29, 0.717) is 0 Å². The van der Waals surface area contributed by atoms with Crippen molar-refractivity contribution >= 4 is 11.7 Å². The number of hydrogen-bond donors (Lipinski definition) is 3. The van der Waals surface area contributed by atoms with Crippen molar-refractivity contribution in [2.24, 2.45) is 0 Å². The lowest BCUT2D eigenvalue weighted by Crippen LogP contribution is -2.89. The fourth-order valence-electron chi connectivity index (χ4n) is 2.13. The minimum Gasteiger partial charge on any atom is -0.269 e. The molecule has 0 aliphatic carbocycles. The molecule has 3 nitrogen and oxygen atoms in total. The van der Waals surface area contributed by atoms with Crippen LogP contribution in [0.3, 0.4) is 0 Å². The van der Waals surface area contributed by atoms with Gasteiger partial charge in [-0.25, -0.2) is 5.32 Å². The minimum atomic E-state index is 0.0344. The molecule has 1 aromatic carbocycles. The van der Waals surface area contributed by atoms with Gasteiger partial charge in [-0.15, -0.1) is 0 Å². The Balaban J connectivity index is 2.52. The summed E-state index contributed by atoms with van der Waals surface area (Å²) in [5.41, 5.74) is 2.52. The fourth-order valence-corrected chi connectivity index (χ4v) is 2.13. The molecule has 0 fully saturated rings. The zero-order chi connectivity index (χ0) is 14.3. The molecule has 1 aliphatic heterocycles. The molecule has 0 saturated heterocycles. The Morgan fingerprint density at radius 2 is 1.11 bits per heavy atom. The molecule has 0 radical (unpaired) electrons. The maximum absolute atomic E-state index is 3.53. The molecule has 3 heteroatoms. The van der Waals surface area contributed by atoms with Crippen LogP contribution in [-0.2, 0) is 0 Å². The van der Waals surface area contributed by atoms with Crippen LogP contribution in [0, 0.1) is 0 Å². The van der Waals surface area contributed by atoms with Crippen molar-refractivity contribution in [3.63, 3.8) is 0 Å². The van der Waals surface area contributed by atoms with Gasteiger partial charge < -0.3 is 0 Å². The van der Waals surface area contributed by atoms with Crippen LogP contribution in [0.4, 0.5) is 0 Å². The zero-order valence-electron chi connectivity index (χ0n) is 12.8. The van der Waals surface area contributed by atoms with Crippen molar-refractivity contribution in [3.8, 4) is 0 Å².